The number of carbonyl (C=O) groups is 1. The lowest BCUT2D eigenvalue weighted by Gasteiger charge is -2.17. The van der Waals surface area contributed by atoms with E-state index in [0.29, 0.717) is 0 Å². The number of benzene rings is 1. The predicted molar refractivity (Wildman–Crippen MR) is 74.4 cm³/mol. The minimum Gasteiger partial charge on any atom is -0.468 e. The first-order valence-electron chi connectivity index (χ1n) is 6.19. The number of esters is 1. The quantitative estimate of drug-likeness (QED) is 0.850. The molecule has 1 atom stereocenters. The van der Waals surface area contributed by atoms with Crippen LogP contribution < -0.4 is 5.32 Å². The van der Waals surface area contributed by atoms with Gasteiger partial charge in [0.15, 0.2) is 0 Å². The molecule has 0 aromatic heterocycles. The monoisotopic (exact) mass is 311 g/mol. The van der Waals surface area contributed by atoms with Gasteiger partial charge in [-0.1, -0.05) is 28.1 Å². The molecule has 1 aliphatic rings. The predicted octanol–water partition coefficient (Wildman–Crippen LogP) is 2.97. The fourth-order valence-corrected chi connectivity index (χ4v) is 2.25. The number of methoxy groups -OCH3 is 1. The second-order valence-electron chi connectivity index (χ2n) is 4.82. The van der Waals surface area contributed by atoms with Gasteiger partial charge in [-0.2, -0.15) is 0 Å². The van der Waals surface area contributed by atoms with Gasteiger partial charge in [0.25, 0.3) is 0 Å². The van der Waals surface area contributed by atoms with Gasteiger partial charge < -0.3 is 10.1 Å². The van der Waals surface area contributed by atoms with E-state index in [1.165, 1.54) is 20.0 Å². The van der Waals surface area contributed by atoms with E-state index in [1.807, 2.05) is 25.1 Å². The molecule has 0 spiro atoms. The third-order valence-corrected chi connectivity index (χ3v) is 4.13. The number of hydrogen-bond donors (Lipinski definition) is 1. The second kappa shape index (κ2) is 5.85. The number of rotatable bonds is 5. The number of carbonyl (C=O) groups excluding carboxylic acids is 1. The van der Waals surface area contributed by atoms with Crippen LogP contribution in [0.25, 0.3) is 0 Å². The number of aryl methyl sites for hydroxylation is 1. The summed E-state index contributed by atoms with van der Waals surface area (Å²) in [6.07, 6.45) is 2.52. The van der Waals surface area contributed by atoms with E-state index in [2.05, 4.69) is 21.2 Å². The fourth-order valence-electron chi connectivity index (χ4n) is 1.85. The fraction of sp³-hybridized carbons (Fsp3) is 0.500. The molecule has 0 heterocycles. The summed E-state index contributed by atoms with van der Waals surface area (Å²) in [5.74, 6) is 0.498. The van der Waals surface area contributed by atoms with Gasteiger partial charge >= 0.3 is 5.97 Å². The zero-order valence-corrected chi connectivity index (χ0v) is 12.3. The molecule has 1 N–H and O–H groups in total. The summed E-state index contributed by atoms with van der Waals surface area (Å²) in [4.78, 5) is 11.8. The summed E-state index contributed by atoms with van der Waals surface area (Å²) >= 11 is 3.50. The molecule has 0 aliphatic heterocycles. The molecule has 1 aliphatic carbocycles. The number of nitrogens with one attached hydrogen (secondary N) is 1. The van der Waals surface area contributed by atoms with Gasteiger partial charge in [0.1, 0.15) is 6.04 Å². The average molecular weight is 312 g/mol. The molecule has 1 saturated carbocycles. The second-order valence-corrected chi connectivity index (χ2v) is 5.67. The maximum absolute atomic E-state index is 11.8. The van der Waals surface area contributed by atoms with Crippen LogP contribution in [0.3, 0.4) is 0 Å². The average Bonchev–Trinajstić information content (AvgIpc) is 3.17. The van der Waals surface area contributed by atoms with E-state index in [1.54, 1.807) is 0 Å². The van der Waals surface area contributed by atoms with Crippen molar-refractivity contribution in [3.8, 4) is 0 Å². The number of hydrogen-bond acceptors (Lipinski definition) is 3. The Labute approximate surface area is 116 Å². The Morgan fingerprint density at radius 1 is 1.56 bits per heavy atom. The third-order valence-electron chi connectivity index (χ3n) is 3.27. The first-order chi connectivity index (χ1) is 8.61. The minimum absolute atomic E-state index is 0.230. The molecule has 2 rings (SSSR count). The van der Waals surface area contributed by atoms with Crippen LogP contribution in [-0.2, 0) is 9.53 Å². The first-order valence-corrected chi connectivity index (χ1v) is 6.98. The van der Waals surface area contributed by atoms with Crippen molar-refractivity contribution >= 4 is 21.9 Å². The van der Waals surface area contributed by atoms with E-state index < -0.39 is 0 Å². The topological polar surface area (TPSA) is 38.3 Å². The van der Waals surface area contributed by atoms with Gasteiger partial charge in [-0.3, -0.25) is 0 Å². The van der Waals surface area contributed by atoms with Gasteiger partial charge in [-0.15, -0.1) is 0 Å². The Kier molecular flexibility index (Phi) is 4.40. The minimum atomic E-state index is -0.368. The van der Waals surface area contributed by atoms with Crippen LogP contribution in [0.2, 0.25) is 0 Å². The van der Waals surface area contributed by atoms with Crippen molar-refractivity contribution in [1.82, 2.24) is 5.32 Å². The van der Waals surface area contributed by atoms with E-state index in [-0.39, 0.29) is 12.0 Å². The highest BCUT2D eigenvalue weighted by Gasteiger charge is 2.26. The van der Waals surface area contributed by atoms with Gasteiger partial charge in [0, 0.05) is 4.47 Å². The van der Waals surface area contributed by atoms with Gasteiger partial charge in [-0.25, -0.2) is 4.79 Å². The van der Waals surface area contributed by atoms with Crippen molar-refractivity contribution in [1.29, 1.82) is 0 Å². The molecule has 0 radical (unpaired) electrons. The van der Waals surface area contributed by atoms with Crippen LogP contribution in [0.1, 0.15) is 30.0 Å². The SMILES string of the molecule is COC(=O)C(NCC1CC1)c1ccc(C)c(Br)c1. The zero-order chi connectivity index (χ0) is 13.1. The highest BCUT2D eigenvalue weighted by Crippen LogP contribution is 2.29. The summed E-state index contributed by atoms with van der Waals surface area (Å²) in [6.45, 7) is 2.91. The smallest absolute Gasteiger partial charge is 0.327 e. The van der Waals surface area contributed by atoms with E-state index >= 15 is 0 Å². The van der Waals surface area contributed by atoms with E-state index in [9.17, 15) is 4.79 Å². The molecule has 0 saturated heterocycles. The van der Waals surface area contributed by atoms with Crippen LogP contribution in [0.4, 0.5) is 0 Å². The molecule has 1 aromatic rings. The molecule has 3 nitrogen and oxygen atoms in total. The highest BCUT2D eigenvalue weighted by atomic mass is 79.9. The lowest BCUT2D eigenvalue weighted by molar-refractivity contribution is -0.143. The molecule has 98 valence electrons. The summed E-state index contributed by atoms with van der Waals surface area (Å²) in [5.41, 5.74) is 2.10. The van der Waals surface area contributed by atoms with Gasteiger partial charge in [0.05, 0.1) is 7.11 Å². The van der Waals surface area contributed by atoms with Crippen LogP contribution >= 0.6 is 15.9 Å². The number of halogens is 1. The largest absolute Gasteiger partial charge is 0.468 e. The number of ether oxygens (including phenoxy) is 1. The lowest BCUT2D eigenvalue weighted by Crippen LogP contribution is -2.31. The Hall–Kier alpha value is -0.870. The van der Waals surface area contributed by atoms with Crippen molar-refractivity contribution in [3.05, 3.63) is 33.8 Å². The maximum Gasteiger partial charge on any atom is 0.327 e. The molecule has 18 heavy (non-hydrogen) atoms. The normalized spacial score (nSPS) is 16.4. The van der Waals surface area contributed by atoms with E-state index in [0.717, 1.165) is 28.1 Å². The Morgan fingerprint density at radius 3 is 2.83 bits per heavy atom. The summed E-state index contributed by atoms with van der Waals surface area (Å²) < 4.78 is 5.89. The highest BCUT2D eigenvalue weighted by molar-refractivity contribution is 9.10. The van der Waals surface area contributed by atoms with Crippen molar-refractivity contribution in [2.45, 2.75) is 25.8 Å². The molecule has 1 fully saturated rings. The van der Waals surface area contributed by atoms with Crippen LogP contribution in [0.5, 0.6) is 0 Å². The van der Waals surface area contributed by atoms with Crippen LogP contribution in [0, 0.1) is 12.8 Å². The molecular weight excluding hydrogens is 294 g/mol. The van der Waals surface area contributed by atoms with Gasteiger partial charge in [0.2, 0.25) is 0 Å². The zero-order valence-electron chi connectivity index (χ0n) is 10.7. The van der Waals surface area contributed by atoms with Gasteiger partial charge in [-0.05, 0) is 49.4 Å². The van der Waals surface area contributed by atoms with Crippen LogP contribution in [0.15, 0.2) is 22.7 Å². The molecule has 0 bridgehead atoms. The maximum atomic E-state index is 11.8. The Bertz CT molecular complexity index is 443. The summed E-state index contributed by atoms with van der Waals surface area (Å²) in [6, 6.07) is 5.60. The molecule has 1 unspecified atom stereocenters. The van der Waals surface area contributed by atoms with Crippen molar-refractivity contribution in [2.24, 2.45) is 5.92 Å². The molecule has 1 aromatic carbocycles. The molecular formula is C14H18BrNO2. The lowest BCUT2D eigenvalue weighted by atomic mass is 10.1. The van der Waals surface area contributed by atoms with Crippen molar-refractivity contribution in [2.75, 3.05) is 13.7 Å². The summed E-state index contributed by atoms with van der Waals surface area (Å²) in [7, 11) is 1.43. The van der Waals surface area contributed by atoms with Crippen molar-refractivity contribution in [3.63, 3.8) is 0 Å². The third kappa shape index (κ3) is 3.33. The molecule has 4 heteroatoms. The molecule has 0 amide bonds. The Morgan fingerprint density at radius 2 is 2.28 bits per heavy atom. The standard InChI is InChI=1S/C14H18BrNO2/c1-9-3-6-11(7-12(9)15)13(14(17)18-2)16-8-10-4-5-10/h3,6-7,10,13,16H,4-5,8H2,1-2H3. The van der Waals surface area contributed by atoms with Crippen molar-refractivity contribution < 1.29 is 9.53 Å². The first kappa shape index (κ1) is 13.6. The van der Waals surface area contributed by atoms with Crippen LogP contribution in [-0.4, -0.2) is 19.6 Å². The Balaban J connectivity index is 2.14. The summed E-state index contributed by atoms with van der Waals surface area (Å²) in [5, 5.41) is 3.30. The van der Waals surface area contributed by atoms with E-state index in [4.69, 9.17) is 4.74 Å².